The van der Waals surface area contributed by atoms with Crippen molar-refractivity contribution < 1.29 is 4.42 Å². The molecule has 0 spiro atoms. The van der Waals surface area contributed by atoms with E-state index >= 15 is 0 Å². The minimum absolute atomic E-state index is 0.802. The summed E-state index contributed by atoms with van der Waals surface area (Å²) in [6.45, 7) is 3.98. The fraction of sp³-hybridized carbons (Fsp3) is 0.357. The van der Waals surface area contributed by atoms with Crippen molar-refractivity contribution >= 4 is 0 Å². The maximum absolute atomic E-state index is 5.50. The summed E-state index contributed by atoms with van der Waals surface area (Å²) in [4.78, 5) is 4.12. The van der Waals surface area contributed by atoms with Crippen molar-refractivity contribution in [2.75, 3.05) is 6.54 Å². The summed E-state index contributed by atoms with van der Waals surface area (Å²) in [7, 11) is 0. The summed E-state index contributed by atoms with van der Waals surface area (Å²) in [6.07, 6.45) is 7.47. The molecular weight excluding hydrogens is 212 g/mol. The molecule has 2 heterocycles. The highest BCUT2D eigenvalue weighted by atomic mass is 16.3. The predicted molar refractivity (Wildman–Crippen MR) is 67.7 cm³/mol. The van der Waals surface area contributed by atoms with Gasteiger partial charge in [0, 0.05) is 18.8 Å². The van der Waals surface area contributed by atoms with Crippen LogP contribution in [0.4, 0.5) is 0 Å². The van der Waals surface area contributed by atoms with Crippen LogP contribution < -0.4 is 5.32 Å². The van der Waals surface area contributed by atoms with E-state index in [2.05, 4.69) is 23.3 Å². The topological polar surface area (TPSA) is 38.1 Å². The van der Waals surface area contributed by atoms with Gasteiger partial charge in [-0.05, 0) is 36.2 Å². The predicted octanol–water partition coefficient (Wildman–Crippen LogP) is 2.77. The summed E-state index contributed by atoms with van der Waals surface area (Å²) in [5, 5.41) is 3.35. The van der Waals surface area contributed by atoms with Crippen LogP contribution in [-0.2, 0) is 13.0 Å². The molecule has 3 heteroatoms. The van der Waals surface area contributed by atoms with Crippen LogP contribution in [0.5, 0.6) is 0 Å². The molecule has 0 aliphatic rings. The summed E-state index contributed by atoms with van der Waals surface area (Å²) in [5.74, 6) is 1.03. The average Bonchev–Trinajstić information content (AvgIpc) is 2.79. The van der Waals surface area contributed by atoms with E-state index in [1.54, 1.807) is 12.5 Å². The molecule has 17 heavy (non-hydrogen) atoms. The normalized spacial score (nSPS) is 10.6. The molecule has 0 saturated heterocycles. The van der Waals surface area contributed by atoms with Gasteiger partial charge < -0.3 is 9.73 Å². The van der Waals surface area contributed by atoms with E-state index in [-0.39, 0.29) is 0 Å². The van der Waals surface area contributed by atoms with E-state index < -0.39 is 0 Å². The van der Waals surface area contributed by atoms with Gasteiger partial charge in [-0.3, -0.25) is 4.98 Å². The second kappa shape index (κ2) is 6.21. The maximum atomic E-state index is 5.50. The third-order valence-electron chi connectivity index (χ3n) is 2.67. The zero-order valence-electron chi connectivity index (χ0n) is 10.1. The highest BCUT2D eigenvalue weighted by Crippen LogP contribution is 2.15. The van der Waals surface area contributed by atoms with Crippen molar-refractivity contribution in [3.8, 4) is 0 Å². The largest absolute Gasteiger partial charge is 0.468 e. The molecule has 2 aromatic heterocycles. The van der Waals surface area contributed by atoms with Crippen molar-refractivity contribution in [1.29, 1.82) is 0 Å². The van der Waals surface area contributed by atoms with Gasteiger partial charge in [-0.25, -0.2) is 0 Å². The van der Waals surface area contributed by atoms with Crippen LogP contribution in [0.3, 0.4) is 0 Å². The number of rotatable bonds is 6. The average molecular weight is 230 g/mol. The Morgan fingerprint density at radius 3 is 3.06 bits per heavy atom. The Morgan fingerprint density at radius 1 is 1.35 bits per heavy atom. The molecule has 3 nitrogen and oxygen atoms in total. The molecular formula is C14H18N2O. The number of hydrogen-bond donors (Lipinski definition) is 1. The fourth-order valence-electron chi connectivity index (χ4n) is 1.78. The van der Waals surface area contributed by atoms with E-state index in [9.17, 15) is 0 Å². The van der Waals surface area contributed by atoms with Gasteiger partial charge in [-0.15, -0.1) is 0 Å². The maximum Gasteiger partial charge on any atom is 0.121 e. The van der Waals surface area contributed by atoms with Gasteiger partial charge in [0.05, 0.1) is 12.8 Å². The van der Waals surface area contributed by atoms with Crippen LogP contribution in [-0.4, -0.2) is 11.5 Å². The van der Waals surface area contributed by atoms with Crippen LogP contribution in [0.25, 0.3) is 0 Å². The number of nitrogens with one attached hydrogen (secondary N) is 1. The number of hydrogen-bond acceptors (Lipinski definition) is 3. The Morgan fingerprint density at radius 2 is 2.29 bits per heavy atom. The summed E-state index contributed by atoms with van der Waals surface area (Å²) >= 11 is 0. The second-order valence-corrected chi connectivity index (χ2v) is 4.08. The molecule has 0 aliphatic heterocycles. The summed E-state index contributed by atoms with van der Waals surface area (Å²) < 4.78 is 5.50. The molecule has 0 aromatic carbocycles. The standard InChI is InChI=1S/C14H18N2O/c1-2-6-15-11-14-13(5-8-17-14)9-12-4-3-7-16-10-12/h3-5,7-8,10,15H,2,6,9,11H2,1H3. The van der Waals surface area contributed by atoms with Crippen LogP contribution in [0.15, 0.2) is 41.3 Å². The Balaban J connectivity index is 1.99. The van der Waals surface area contributed by atoms with Gasteiger partial charge in [-0.2, -0.15) is 0 Å². The molecule has 0 aliphatic carbocycles. The lowest BCUT2D eigenvalue weighted by Crippen LogP contribution is -2.14. The molecule has 2 aromatic rings. The minimum Gasteiger partial charge on any atom is -0.468 e. The molecule has 0 atom stereocenters. The Bertz CT molecular complexity index is 436. The monoisotopic (exact) mass is 230 g/mol. The number of aromatic nitrogens is 1. The van der Waals surface area contributed by atoms with E-state index in [1.165, 1.54) is 11.1 Å². The summed E-state index contributed by atoms with van der Waals surface area (Å²) in [5.41, 5.74) is 2.45. The smallest absolute Gasteiger partial charge is 0.121 e. The Kier molecular flexibility index (Phi) is 4.33. The Hall–Kier alpha value is -1.61. The van der Waals surface area contributed by atoms with Crippen molar-refractivity contribution in [3.05, 3.63) is 53.7 Å². The first kappa shape index (κ1) is 11.9. The van der Waals surface area contributed by atoms with Crippen LogP contribution >= 0.6 is 0 Å². The molecule has 0 saturated carbocycles. The minimum atomic E-state index is 0.802. The van der Waals surface area contributed by atoms with Crippen molar-refractivity contribution in [1.82, 2.24) is 10.3 Å². The molecule has 2 rings (SSSR count). The third-order valence-corrected chi connectivity index (χ3v) is 2.67. The first-order valence-corrected chi connectivity index (χ1v) is 6.05. The number of nitrogens with zero attached hydrogens (tertiary/aromatic N) is 1. The fourth-order valence-corrected chi connectivity index (χ4v) is 1.78. The van der Waals surface area contributed by atoms with Gasteiger partial charge in [0.25, 0.3) is 0 Å². The van der Waals surface area contributed by atoms with E-state index in [0.717, 1.165) is 31.7 Å². The van der Waals surface area contributed by atoms with Gasteiger partial charge in [0.15, 0.2) is 0 Å². The van der Waals surface area contributed by atoms with Crippen LogP contribution in [0.2, 0.25) is 0 Å². The second-order valence-electron chi connectivity index (χ2n) is 4.08. The first-order chi connectivity index (χ1) is 8.40. The molecule has 0 bridgehead atoms. The molecule has 0 amide bonds. The van der Waals surface area contributed by atoms with Crippen molar-refractivity contribution in [2.45, 2.75) is 26.3 Å². The SMILES string of the molecule is CCCNCc1occc1Cc1cccnc1. The lowest BCUT2D eigenvalue weighted by molar-refractivity contribution is 0.479. The van der Waals surface area contributed by atoms with Crippen LogP contribution in [0.1, 0.15) is 30.2 Å². The van der Waals surface area contributed by atoms with Gasteiger partial charge >= 0.3 is 0 Å². The molecule has 0 unspecified atom stereocenters. The zero-order chi connectivity index (χ0) is 11.9. The van der Waals surface area contributed by atoms with Crippen molar-refractivity contribution in [3.63, 3.8) is 0 Å². The lowest BCUT2D eigenvalue weighted by Gasteiger charge is -2.04. The van der Waals surface area contributed by atoms with Gasteiger partial charge in [-0.1, -0.05) is 13.0 Å². The zero-order valence-corrected chi connectivity index (χ0v) is 10.1. The summed E-state index contributed by atoms with van der Waals surface area (Å²) in [6, 6.07) is 6.09. The molecule has 0 radical (unpaired) electrons. The van der Waals surface area contributed by atoms with E-state index in [0.29, 0.717) is 0 Å². The quantitative estimate of drug-likeness (QED) is 0.775. The highest BCUT2D eigenvalue weighted by Gasteiger charge is 2.06. The number of furan rings is 1. The molecule has 1 N–H and O–H groups in total. The third kappa shape index (κ3) is 3.43. The van der Waals surface area contributed by atoms with Gasteiger partial charge in [0.2, 0.25) is 0 Å². The van der Waals surface area contributed by atoms with E-state index in [1.807, 2.05) is 18.3 Å². The lowest BCUT2D eigenvalue weighted by atomic mass is 10.1. The van der Waals surface area contributed by atoms with Crippen molar-refractivity contribution in [2.24, 2.45) is 0 Å². The number of pyridine rings is 1. The van der Waals surface area contributed by atoms with Gasteiger partial charge in [0.1, 0.15) is 5.76 Å². The van der Waals surface area contributed by atoms with E-state index in [4.69, 9.17) is 4.42 Å². The molecule has 90 valence electrons. The first-order valence-electron chi connectivity index (χ1n) is 6.05. The highest BCUT2D eigenvalue weighted by molar-refractivity contribution is 5.25. The molecule has 0 fully saturated rings. The van der Waals surface area contributed by atoms with Crippen LogP contribution in [0, 0.1) is 0 Å². The Labute approximate surface area is 102 Å².